The average molecular weight is 181 g/mol. The van der Waals surface area contributed by atoms with Crippen LogP contribution >= 0.6 is 0 Å². The molecule has 1 amide bonds. The van der Waals surface area contributed by atoms with Gasteiger partial charge in [-0.1, -0.05) is 6.07 Å². The van der Waals surface area contributed by atoms with E-state index in [1.807, 2.05) is 6.92 Å². The molecule has 13 heavy (non-hydrogen) atoms. The van der Waals surface area contributed by atoms with Crippen LogP contribution in [0.4, 0.5) is 4.39 Å². The van der Waals surface area contributed by atoms with Crippen LogP contribution in [0.1, 0.15) is 18.1 Å². The molecule has 2 nitrogen and oxygen atoms in total. The third-order valence-electron chi connectivity index (χ3n) is 1.84. The van der Waals surface area contributed by atoms with Crippen molar-refractivity contribution in [1.82, 2.24) is 5.32 Å². The number of nitrogens with one attached hydrogen (secondary N) is 1. The number of carbonyl (C=O) groups is 1. The highest BCUT2D eigenvalue weighted by molar-refractivity contribution is 5.72. The molecule has 0 aliphatic heterocycles. The quantitative estimate of drug-likeness (QED) is 0.740. The van der Waals surface area contributed by atoms with Gasteiger partial charge in [-0.2, -0.15) is 0 Å². The maximum atomic E-state index is 12.8. The van der Waals surface area contributed by atoms with Crippen LogP contribution < -0.4 is 5.32 Å². The third-order valence-corrected chi connectivity index (χ3v) is 1.84. The smallest absolute Gasteiger partial charge is 0.217 e. The first-order valence-electron chi connectivity index (χ1n) is 4.09. The Balaban J connectivity index is 2.75. The van der Waals surface area contributed by atoms with E-state index in [0.29, 0.717) is 6.54 Å². The zero-order valence-electron chi connectivity index (χ0n) is 7.73. The molecule has 1 aromatic carbocycles. The SMILES string of the molecule is CC(=O)NCc1cc(F)ccc1C. The minimum Gasteiger partial charge on any atom is -0.352 e. The first-order chi connectivity index (χ1) is 6.09. The molecule has 0 aliphatic carbocycles. The fourth-order valence-corrected chi connectivity index (χ4v) is 1.05. The molecule has 0 heterocycles. The van der Waals surface area contributed by atoms with Gasteiger partial charge in [0, 0.05) is 13.5 Å². The maximum absolute atomic E-state index is 12.8. The molecule has 0 aromatic heterocycles. The Morgan fingerprint density at radius 3 is 2.85 bits per heavy atom. The van der Waals surface area contributed by atoms with Gasteiger partial charge >= 0.3 is 0 Å². The van der Waals surface area contributed by atoms with Crippen molar-refractivity contribution < 1.29 is 9.18 Å². The summed E-state index contributed by atoms with van der Waals surface area (Å²) in [4.78, 5) is 10.6. The molecule has 0 saturated carbocycles. The van der Waals surface area contributed by atoms with Gasteiger partial charge < -0.3 is 5.32 Å². The van der Waals surface area contributed by atoms with Gasteiger partial charge in [-0.15, -0.1) is 0 Å². The van der Waals surface area contributed by atoms with E-state index in [-0.39, 0.29) is 11.7 Å². The van der Waals surface area contributed by atoms with Crippen molar-refractivity contribution in [3.8, 4) is 0 Å². The minimum absolute atomic E-state index is 0.108. The molecule has 0 fully saturated rings. The molecule has 3 heteroatoms. The molecule has 0 aliphatic rings. The fraction of sp³-hybridized carbons (Fsp3) is 0.300. The van der Waals surface area contributed by atoms with Gasteiger partial charge in [0.2, 0.25) is 5.91 Å². The average Bonchev–Trinajstić information content (AvgIpc) is 2.06. The number of benzene rings is 1. The number of rotatable bonds is 2. The molecule has 1 rings (SSSR count). The molecule has 1 N–H and O–H groups in total. The van der Waals surface area contributed by atoms with Crippen molar-refractivity contribution >= 4 is 5.91 Å². The molecule has 0 atom stereocenters. The second-order valence-electron chi connectivity index (χ2n) is 2.98. The van der Waals surface area contributed by atoms with Crippen LogP contribution in [0.15, 0.2) is 18.2 Å². The Bertz CT molecular complexity index is 323. The fourth-order valence-electron chi connectivity index (χ4n) is 1.05. The number of amides is 1. The summed E-state index contributed by atoms with van der Waals surface area (Å²) in [7, 11) is 0. The number of hydrogen-bond acceptors (Lipinski definition) is 1. The van der Waals surface area contributed by atoms with E-state index in [4.69, 9.17) is 0 Å². The van der Waals surface area contributed by atoms with Gasteiger partial charge in [-0.3, -0.25) is 4.79 Å². The topological polar surface area (TPSA) is 29.1 Å². The Hall–Kier alpha value is -1.38. The number of carbonyl (C=O) groups excluding carboxylic acids is 1. The predicted octanol–water partition coefficient (Wildman–Crippen LogP) is 1.77. The predicted molar refractivity (Wildman–Crippen MR) is 48.7 cm³/mol. The van der Waals surface area contributed by atoms with E-state index in [2.05, 4.69) is 5.32 Å². The van der Waals surface area contributed by atoms with Gasteiger partial charge in [0.15, 0.2) is 0 Å². The third kappa shape index (κ3) is 2.86. The van der Waals surface area contributed by atoms with Crippen molar-refractivity contribution in [2.45, 2.75) is 20.4 Å². The lowest BCUT2D eigenvalue weighted by Gasteiger charge is -2.05. The Labute approximate surface area is 76.8 Å². The van der Waals surface area contributed by atoms with E-state index in [1.54, 1.807) is 6.07 Å². The number of aryl methyl sites for hydroxylation is 1. The second kappa shape index (κ2) is 4.03. The summed E-state index contributed by atoms with van der Waals surface area (Å²) in [5.74, 6) is -0.380. The Morgan fingerprint density at radius 1 is 1.54 bits per heavy atom. The molecule has 0 unspecified atom stereocenters. The summed E-state index contributed by atoms with van der Waals surface area (Å²) in [6.07, 6.45) is 0. The molecule has 0 bridgehead atoms. The number of halogens is 1. The molecular weight excluding hydrogens is 169 g/mol. The zero-order chi connectivity index (χ0) is 9.84. The van der Waals surface area contributed by atoms with Gasteiger partial charge in [0.1, 0.15) is 5.82 Å². The summed E-state index contributed by atoms with van der Waals surface area (Å²) < 4.78 is 12.8. The van der Waals surface area contributed by atoms with Gasteiger partial charge in [-0.25, -0.2) is 4.39 Å². The van der Waals surface area contributed by atoms with Crippen molar-refractivity contribution in [2.75, 3.05) is 0 Å². The molecular formula is C10H12FNO. The van der Waals surface area contributed by atoms with Crippen LogP contribution in [0.25, 0.3) is 0 Å². The molecule has 0 radical (unpaired) electrons. The lowest BCUT2D eigenvalue weighted by Crippen LogP contribution is -2.19. The van der Waals surface area contributed by atoms with Crippen LogP contribution in [0.5, 0.6) is 0 Å². The highest BCUT2D eigenvalue weighted by Gasteiger charge is 2.00. The standard InChI is InChI=1S/C10H12FNO/c1-7-3-4-10(11)5-9(7)6-12-8(2)13/h3-5H,6H2,1-2H3,(H,12,13). The zero-order valence-corrected chi connectivity index (χ0v) is 7.73. The lowest BCUT2D eigenvalue weighted by atomic mass is 10.1. The Morgan fingerprint density at radius 2 is 2.23 bits per heavy atom. The van der Waals surface area contributed by atoms with E-state index in [9.17, 15) is 9.18 Å². The minimum atomic E-state index is -0.272. The highest BCUT2D eigenvalue weighted by atomic mass is 19.1. The van der Waals surface area contributed by atoms with Crippen LogP contribution in [-0.4, -0.2) is 5.91 Å². The summed E-state index contributed by atoms with van der Waals surface area (Å²) in [6.45, 7) is 3.71. The van der Waals surface area contributed by atoms with Crippen LogP contribution in [0.2, 0.25) is 0 Å². The van der Waals surface area contributed by atoms with Crippen LogP contribution in [0.3, 0.4) is 0 Å². The highest BCUT2D eigenvalue weighted by Crippen LogP contribution is 2.09. The van der Waals surface area contributed by atoms with Crippen molar-refractivity contribution in [2.24, 2.45) is 0 Å². The molecule has 0 spiro atoms. The van der Waals surface area contributed by atoms with Gasteiger partial charge in [0.25, 0.3) is 0 Å². The van der Waals surface area contributed by atoms with Gasteiger partial charge in [0.05, 0.1) is 0 Å². The van der Waals surface area contributed by atoms with Crippen LogP contribution in [0, 0.1) is 12.7 Å². The Kier molecular flexibility index (Phi) is 3.01. The van der Waals surface area contributed by atoms with E-state index >= 15 is 0 Å². The monoisotopic (exact) mass is 181 g/mol. The van der Waals surface area contributed by atoms with Crippen molar-refractivity contribution in [3.63, 3.8) is 0 Å². The first-order valence-corrected chi connectivity index (χ1v) is 4.09. The first kappa shape index (κ1) is 9.71. The largest absolute Gasteiger partial charge is 0.352 e. The summed E-state index contributed by atoms with van der Waals surface area (Å²) >= 11 is 0. The summed E-state index contributed by atoms with van der Waals surface area (Å²) in [5.41, 5.74) is 1.80. The number of hydrogen-bond donors (Lipinski definition) is 1. The van der Waals surface area contributed by atoms with E-state index < -0.39 is 0 Å². The van der Waals surface area contributed by atoms with Crippen molar-refractivity contribution in [1.29, 1.82) is 0 Å². The van der Waals surface area contributed by atoms with Crippen LogP contribution in [-0.2, 0) is 11.3 Å². The van der Waals surface area contributed by atoms with E-state index in [0.717, 1.165) is 11.1 Å². The van der Waals surface area contributed by atoms with Crippen molar-refractivity contribution in [3.05, 3.63) is 35.1 Å². The lowest BCUT2D eigenvalue weighted by molar-refractivity contribution is -0.119. The van der Waals surface area contributed by atoms with E-state index in [1.165, 1.54) is 19.1 Å². The molecule has 1 aromatic rings. The maximum Gasteiger partial charge on any atom is 0.217 e. The molecule has 70 valence electrons. The summed E-state index contributed by atoms with van der Waals surface area (Å²) in [5, 5.41) is 2.62. The normalized spacial score (nSPS) is 9.77. The van der Waals surface area contributed by atoms with Gasteiger partial charge in [-0.05, 0) is 30.2 Å². The summed E-state index contributed by atoms with van der Waals surface area (Å²) in [6, 6.07) is 4.55. The second-order valence-corrected chi connectivity index (χ2v) is 2.98. The molecule has 0 saturated heterocycles.